The van der Waals surface area contributed by atoms with E-state index < -0.39 is 86.5 Å². The highest BCUT2D eigenvalue weighted by atomic mass is 33.2. The molecule has 2 saturated heterocycles. The van der Waals surface area contributed by atoms with Crippen LogP contribution in [0.15, 0.2) is 24.3 Å². The molecule has 33 heteroatoms. The molecule has 2 fully saturated rings. The summed E-state index contributed by atoms with van der Waals surface area (Å²) in [5, 5.41) is 15.0. The van der Waals surface area contributed by atoms with E-state index in [4.69, 9.17) is 37.9 Å². The summed E-state index contributed by atoms with van der Waals surface area (Å²) in [7, 11) is 4.10. The van der Waals surface area contributed by atoms with Crippen molar-refractivity contribution in [1.82, 2.24) is 31.5 Å². The highest BCUT2D eigenvalue weighted by molar-refractivity contribution is 8.94. The van der Waals surface area contributed by atoms with E-state index in [-0.39, 0.29) is 191 Å². The van der Waals surface area contributed by atoms with Gasteiger partial charge in [0.25, 0.3) is 0 Å². The van der Waals surface area contributed by atoms with Gasteiger partial charge in [-0.3, -0.25) is 76.8 Å². The van der Waals surface area contributed by atoms with Gasteiger partial charge in [0.15, 0.2) is 38.8 Å². The third-order valence-electron chi connectivity index (χ3n) is 14.9. The van der Waals surface area contributed by atoms with Crippen LogP contribution in [-0.4, -0.2) is 253 Å². The third-order valence-corrected chi connectivity index (χ3v) is 19.1. The SMILES string of the molecule is CNC(=O)CCNC(=O)CCc1ccc(NC(=O)COCC(=O)NC[C@@H](CC(=O)CCSC2CC(=O)N(CCC(=O)NCCOCCOCCCCCOCCC(=O)C3(C(C)=O)SS3)C2=O)C(=O)NCCOCCOCCOCCOCCC(=O)C(C(C)=O)(C(C)=O)C(C)=O)cc1. The molecular weight excluding hydrogens is 1330 g/mol. The zero-order chi connectivity index (χ0) is 71.4. The van der Waals surface area contributed by atoms with Gasteiger partial charge in [0.2, 0.25) is 52.7 Å². The number of benzene rings is 1. The number of amides is 8. The maximum absolute atomic E-state index is 13.5. The Morgan fingerprint density at radius 2 is 1.08 bits per heavy atom. The van der Waals surface area contributed by atoms with Gasteiger partial charge in [-0.25, -0.2) is 0 Å². The van der Waals surface area contributed by atoms with Gasteiger partial charge in [0, 0.05) is 116 Å². The van der Waals surface area contributed by atoms with E-state index in [0.717, 1.165) is 62.3 Å². The van der Waals surface area contributed by atoms with E-state index in [0.29, 0.717) is 38.5 Å². The number of carbonyl (C=O) groups excluding carboxylic acids is 15. The Hall–Kier alpha value is -6.40. The molecule has 0 aliphatic carbocycles. The fourth-order valence-corrected chi connectivity index (χ4v) is 12.8. The quantitative estimate of drug-likeness (QED) is 0.0174. The molecule has 97 heavy (non-hydrogen) atoms. The average Bonchev–Trinajstić information content (AvgIpc) is 1.76. The number of ketones is 7. The fourth-order valence-electron chi connectivity index (χ4n) is 9.42. The molecule has 542 valence electrons. The number of rotatable bonds is 59. The number of ether oxygens (including phenoxy) is 8. The average molecular weight is 1430 g/mol. The zero-order valence-electron chi connectivity index (χ0n) is 56.1. The smallest absolute Gasteiger partial charge is 0.250 e. The van der Waals surface area contributed by atoms with Crippen LogP contribution in [0.2, 0.25) is 0 Å². The second-order valence-corrected chi connectivity index (χ2v) is 26.4. The van der Waals surface area contributed by atoms with Gasteiger partial charge in [-0.1, -0.05) is 33.7 Å². The van der Waals surface area contributed by atoms with Crippen LogP contribution in [-0.2, 0) is 116 Å². The van der Waals surface area contributed by atoms with E-state index in [9.17, 15) is 71.9 Å². The number of aryl methyl sites for hydroxylation is 1. The number of nitrogens with zero attached hydrogens (tertiary/aromatic N) is 1. The van der Waals surface area contributed by atoms with Crippen LogP contribution in [0.4, 0.5) is 5.69 Å². The monoisotopic (exact) mass is 1430 g/mol. The van der Waals surface area contributed by atoms with E-state index in [1.165, 1.54) is 35.6 Å². The summed E-state index contributed by atoms with van der Waals surface area (Å²) >= 11 is 1.11. The Kier molecular flexibility index (Phi) is 42.3. The van der Waals surface area contributed by atoms with Crippen LogP contribution >= 0.6 is 33.3 Å². The first-order valence-corrected chi connectivity index (χ1v) is 35.4. The van der Waals surface area contributed by atoms with Crippen LogP contribution in [0, 0.1) is 11.3 Å². The number of anilines is 1. The van der Waals surface area contributed by atoms with Crippen LogP contribution in [0.3, 0.4) is 0 Å². The minimum atomic E-state index is -2.32. The van der Waals surface area contributed by atoms with Gasteiger partial charge in [-0.2, -0.15) is 0 Å². The maximum Gasteiger partial charge on any atom is 0.250 e. The van der Waals surface area contributed by atoms with Crippen molar-refractivity contribution in [3.63, 3.8) is 0 Å². The molecule has 1 unspecified atom stereocenters. The van der Waals surface area contributed by atoms with E-state index >= 15 is 0 Å². The molecule has 2 atom stereocenters. The van der Waals surface area contributed by atoms with Gasteiger partial charge in [-0.05, 0) is 71.1 Å². The molecule has 3 rings (SSSR count). The van der Waals surface area contributed by atoms with E-state index in [1.807, 2.05) is 0 Å². The van der Waals surface area contributed by atoms with Crippen LogP contribution in [0.5, 0.6) is 0 Å². The Morgan fingerprint density at radius 1 is 0.557 bits per heavy atom. The Labute approximate surface area is 577 Å². The first-order valence-electron chi connectivity index (χ1n) is 32.2. The fraction of sp³-hybridized carbons (Fsp3) is 0.672. The number of nitrogens with one attached hydrogen (secondary N) is 6. The summed E-state index contributed by atoms with van der Waals surface area (Å²) in [4.78, 5) is 188. The summed E-state index contributed by atoms with van der Waals surface area (Å²) in [5.41, 5.74) is -1.04. The number of Topliss-reactive ketones (excluding diaryl/α,β-unsaturated/α-hetero) is 7. The standard InChI is InChI=1S/C64H95N7O23S3/c1-44(72)63(45(2)73,46(3)74)53(77)17-26-89-31-34-92-36-37-93-35-33-91-29-22-68-61(85)49(41-69-58(82)42-94-43-59(83)70-50-12-9-48(10-13-50)11-14-56(80)66-20-15-55(79)65-5)39-51(76)19-38-95-52-40-60(84)71(62(52)86)23-16-57(81)67-21-28-90-32-30-88-25-8-6-7-24-87-27-18-54(78)64(47(4)75)96-97-64/h9-10,12-13,49,52H,6-8,11,14-43H2,1-5H3,(H,65,79)(H,66,80)(H,67,81)(H,68,85)(H,69,82)(H,70,83)/t49-,52?/m1/s1. The second-order valence-electron chi connectivity index (χ2n) is 22.3. The Bertz CT molecular complexity index is 2750. The van der Waals surface area contributed by atoms with Crippen LogP contribution < -0.4 is 31.9 Å². The number of imide groups is 1. The molecule has 2 aliphatic rings. The molecule has 1 aromatic carbocycles. The number of thioether (sulfide) groups is 1. The van der Waals surface area contributed by atoms with Gasteiger partial charge >= 0.3 is 0 Å². The molecule has 8 amide bonds. The van der Waals surface area contributed by atoms with Crippen LogP contribution in [0.25, 0.3) is 0 Å². The lowest BCUT2D eigenvalue weighted by atomic mass is 9.72. The van der Waals surface area contributed by atoms with Crippen molar-refractivity contribution in [2.24, 2.45) is 11.3 Å². The number of hydrogen-bond donors (Lipinski definition) is 6. The highest BCUT2D eigenvalue weighted by Crippen LogP contribution is 2.66. The largest absolute Gasteiger partial charge is 0.381 e. The van der Waals surface area contributed by atoms with E-state index in [1.54, 1.807) is 24.3 Å². The summed E-state index contributed by atoms with van der Waals surface area (Å²) in [6.07, 6.45) is 2.58. The lowest BCUT2D eigenvalue weighted by Gasteiger charge is -2.23. The van der Waals surface area contributed by atoms with Gasteiger partial charge in [0.05, 0.1) is 90.5 Å². The van der Waals surface area contributed by atoms with Crippen molar-refractivity contribution in [2.75, 3.05) is 157 Å². The minimum absolute atomic E-state index is 0.0290. The first kappa shape index (κ1) is 84.8. The van der Waals surface area contributed by atoms with Crippen LogP contribution in [0.1, 0.15) is 104 Å². The van der Waals surface area contributed by atoms with Crippen molar-refractivity contribution in [1.29, 1.82) is 0 Å². The molecule has 0 saturated carbocycles. The number of hydrogen-bond acceptors (Lipinski definition) is 26. The molecule has 0 aromatic heterocycles. The first-order chi connectivity index (χ1) is 46.5. The Morgan fingerprint density at radius 3 is 1.66 bits per heavy atom. The lowest BCUT2D eigenvalue weighted by Crippen LogP contribution is -2.50. The molecule has 0 bridgehead atoms. The molecule has 6 N–H and O–H groups in total. The second kappa shape index (κ2) is 48.4. The minimum Gasteiger partial charge on any atom is -0.381 e. The maximum atomic E-state index is 13.5. The summed E-state index contributed by atoms with van der Waals surface area (Å²) in [6, 6.07) is 6.77. The predicted octanol–water partition coefficient (Wildman–Crippen LogP) is 1.03. The number of unbranched alkanes of at least 4 members (excludes halogenated alkanes) is 2. The van der Waals surface area contributed by atoms with Crippen molar-refractivity contribution >= 4 is 127 Å². The van der Waals surface area contributed by atoms with Gasteiger partial charge < -0.3 is 69.8 Å². The van der Waals surface area contributed by atoms with Crippen molar-refractivity contribution in [3.8, 4) is 0 Å². The number of likely N-dealkylation sites (tertiary alicyclic amines) is 1. The van der Waals surface area contributed by atoms with E-state index in [2.05, 4.69) is 31.9 Å². The van der Waals surface area contributed by atoms with Crippen molar-refractivity contribution in [3.05, 3.63) is 29.8 Å². The molecular formula is C64H95N7O23S3. The highest BCUT2D eigenvalue weighted by Gasteiger charge is 2.57. The topological polar surface area (TPSA) is 405 Å². The molecule has 1 aromatic rings. The summed E-state index contributed by atoms with van der Waals surface area (Å²) in [6.45, 7) is 6.64. The molecule has 0 spiro atoms. The molecule has 2 aliphatic heterocycles. The zero-order valence-corrected chi connectivity index (χ0v) is 58.5. The molecule has 2 heterocycles. The summed E-state index contributed by atoms with van der Waals surface area (Å²) in [5.74, 6) is -8.36. The normalized spacial score (nSPS) is 14.3. The third kappa shape index (κ3) is 33.3. The summed E-state index contributed by atoms with van der Waals surface area (Å²) < 4.78 is 42.9. The lowest BCUT2D eigenvalue weighted by molar-refractivity contribution is -0.154. The molecule has 0 radical (unpaired) electrons. The molecule has 30 nitrogen and oxygen atoms in total. The van der Waals surface area contributed by atoms with Crippen molar-refractivity contribution in [2.45, 2.75) is 114 Å². The van der Waals surface area contributed by atoms with Gasteiger partial charge in [-0.15, -0.1) is 11.8 Å². The predicted molar refractivity (Wildman–Crippen MR) is 357 cm³/mol. The number of carbonyl (C=O) groups is 15. The Balaban J connectivity index is 1.34. The van der Waals surface area contributed by atoms with Gasteiger partial charge in [0.1, 0.15) is 19.0 Å². The van der Waals surface area contributed by atoms with Crippen molar-refractivity contribution < 1.29 is 110 Å².